The van der Waals surface area contributed by atoms with E-state index in [0.29, 0.717) is 17.3 Å². The van der Waals surface area contributed by atoms with Crippen molar-refractivity contribution in [3.8, 4) is 0 Å². The summed E-state index contributed by atoms with van der Waals surface area (Å²) in [6.07, 6.45) is 0. The number of aromatic nitrogens is 1. The fourth-order valence-corrected chi connectivity index (χ4v) is 2.26. The first kappa shape index (κ1) is 14.2. The van der Waals surface area contributed by atoms with E-state index >= 15 is 0 Å². The van der Waals surface area contributed by atoms with Crippen LogP contribution in [0.5, 0.6) is 0 Å². The Bertz CT molecular complexity index is 637. The van der Waals surface area contributed by atoms with Crippen LogP contribution in [0.25, 0.3) is 0 Å². The molecule has 1 N–H and O–H groups in total. The highest BCUT2D eigenvalue weighted by Crippen LogP contribution is 2.17. The summed E-state index contributed by atoms with van der Waals surface area (Å²) in [6.45, 7) is 3.94. The van der Waals surface area contributed by atoms with Crippen LogP contribution in [0.4, 0.5) is 5.13 Å². The van der Waals surface area contributed by atoms with E-state index in [1.54, 1.807) is 24.4 Å². The average molecular weight is 290 g/mol. The second-order valence-electron chi connectivity index (χ2n) is 4.08. The number of benzene rings is 1. The molecule has 1 aromatic heterocycles. The number of ether oxygens (including phenoxy) is 1. The summed E-state index contributed by atoms with van der Waals surface area (Å²) in [5.74, 6) is -0.738. The lowest BCUT2D eigenvalue weighted by Gasteiger charge is -2.02. The molecule has 2 aromatic rings. The third kappa shape index (κ3) is 3.42. The van der Waals surface area contributed by atoms with E-state index in [1.165, 1.54) is 11.3 Å². The van der Waals surface area contributed by atoms with Crippen molar-refractivity contribution in [2.75, 3.05) is 11.9 Å². The monoisotopic (exact) mass is 290 g/mol. The van der Waals surface area contributed by atoms with Crippen molar-refractivity contribution in [3.63, 3.8) is 0 Å². The van der Waals surface area contributed by atoms with E-state index < -0.39 is 5.97 Å². The van der Waals surface area contributed by atoms with Gasteiger partial charge in [-0.05, 0) is 26.0 Å². The molecule has 0 bridgehead atoms. The highest BCUT2D eigenvalue weighted by molar-refractivity contribution is 7.14. The number of hydrogen-bond donors (Lipinski definition) is 1. The van der Waals surface area contributed by atoms with Gasteiger partial charge in [-0.1, -0.05) is 17.7 Å². The molecule has 0 aliphatic heterocycles. The molecule has 0 radical (unpaired) electrons. The van der Waals surface area contributed by atoms with Crippen LogP contribution in [0.1, 0.15) is 33.3 Å². The van der Waals surface area contributed by atoms with Crippen LogP contribution in [0, 0.1) is 6.92 Å². The van der Waals surface area contributed by atoms with Crippen LogP contribution in [0.15, 0.2) is 29.6 Å². The number of thiazole rings is 1. The van der Waals surface area contributed by atoms with Crippen molar-refractivity contribution in [2.45, 2.75) is 13.8 Å². The predicted octanol–water partition coefficient (Wildman–Crippen LogP) is 2.88. The molecule has 2 rings (SSSR count). The second-order valence-corrected chi connectivity index (χ2v) is 4.94. The first-order valence-electron chi connectivity index (χ1n) is 6.11. The number of rotatable bonds is 4. The highest BCUT2D eigenvalue weighted by atomic mass is 32.1. The van der Waals surface area contributed by atoms with Gasteiger partial charge in [-0.25, -0.2) is 9.78 Å². The minimum absolute atomic E-state index is 0.205. The Kier molecular flexibility index (Phi) is 4.47. The van der Waals surface area contributed by atoms with Gasteiger partial charge in [0.15, 0.2) is 10.8 Å². The standard InChI is InChI=1S/C14H14N2O3S/c1-3-19-13(18)11-8-20-14(15-11)16-12(17)10-6-4-5-9(2)7-10/h4-8H,3H2,1-2H3,(H,15,16,17). The van der Waals surface area contributed by atoms with Crippen molar-refractivity contribution in [3.05, 3.63) is 46.5 Å². The zero-order valence-corrected chi connectivity index (χ0v) is 12.0. The van der Waals surface area contributed by atoms with Gasteiger partial charge in [0.1, 0.15) is 0 Å². The number of aryl methyl sites for hydroxylation is 1. The Balaban J connectivity index is 2.07. The third-order valence-electron chi connectivity index (χ3n) is 2.49. The molecule has 0 aliphatic carbocycles. The molecular weight excluding hydrogens is 276 g/mol. The maximum absolute atomic E-state index is 12.0. The normalized spacial score (nSPS) is 10.1. The van der Waals surface area contributed by atoms with Gasteiger partial charge in [0.2, 0.25) is 0 Å². The molecule has 0 atom stereocenters. The Labute approximate surface area is 120 Å². The molecule has 0 saturated carbocycles. The second kappa shape index (κ2) is 6.29. The number of nitrogens with one attached hydrogen (secondary N) is 1. The molecule has 1 amide bonds. The van der Waals surface area contributed by atoms with Crippen LogP contribution in [-0.4, -0.2) is 23.5 Å². The molecule has 6 heteroatoms. The van der Waals surface area contributed by atoms with E-state index in [0.717, 1.165) is 5.56 Å². The van der Waals surface area contributed by atoms with Crippen LogP contribution < -0.4 is 5.32 Å². The quantitative estimate of drug-likeness (QED) is 0.879. The summed E-state index contributed by atoms with van der Waals surface area (Å²) in [5.41, 5.74) is 1.76. The number of nitrogens with zero attached hydrogens (tertiary/aromatic N) is 1. The Morgan fingerprint density at radius 2 is 2.20 bits per heavy atom. The fraction of sp³-hybridized carbons (Fsp3) is 0.214. The van der Waals surface area contributed by atoms with E-state index in [-0.39, 0.29) is 11.6 Å². The van der Waals surface area contributed by atoms with Gasteiger partial charge >= 0.3 is 5.97 Å². The molecule has 104 valence electrons. The first-order valence-corrected chi connectivity index (χ1v) is 6.98. The first-order chi connectivity index (χ1) is 9.60. The van der Waals surface area contributed by atoms with Crippen molar-refractivity contribution >= 4 is 28.3 Å². The average Bonchev–Trinajstić information content (AvgIpc) is 2.87. The third-order valence-corrected chi connectivity index (χ3v) is 3.25. The van der Waals surface area contributed by atoms with Crippen LogP contribution in [0.2, 0.25) is 0 Å². The number of hydrogen-bond acceptors (Lipinski definition) is 5. The summed E-state index contributed by atoms with van der Waals surface area (Å²) in [7, 11) is 0. The largest absolute Gasteiger partial charge is 0.461 e. The van der Waals surface area contributed by atoms with Crippen LogP contribution in [0.3, 0.4) is 0 Å². The highest BCUT2D eigenvalue weighted by Gasteiger charge is 2.13. The van der Waals surface area contributed by atoms with Gasteiger partial charge in [-0.2, -0.15) is 0 Å². The van der Waals surface area contributed by atoms with E-state index in [2.05, 4.69) is 10.3 Å². The number of carbonyl (C=O) groups is 2. The Hall–Kier alpha value is -2.21. The predicted molar refractivity (Wildman–Crippen MR) is 77.2 cm³/mol. The van der Waals surface area contributed by atoms with Crippen molar-refractivity contribution in [1.82, 2.24) is 4.98 Å². The topological polar surface area (TPSA) is 68.3 Å². The lowest BCUT2D eigenvalue weighted by Crippen LogP contribution is -2.12. The summed E-state index contributed by atoms with van der Waals surface area (Å²) >= 11 is 1.19. The molecule has 0 aliphatic rings. The van der Waals surface area contributed by atoms with Gasteiger partial charge in [-0.3, -0.25) is 10.1 Å². The van der Waals surface area contributed by atoms with Crippen LogP contribution in [-0.2, 0) is 4.74 Å². The zero-order valence-electron chi connectivity index (χ0n) is 11.2. The summed E-state index contributed by atoms with van der Waals surface area (Å²) in [4.78, 5) is 27.5. The SMILES string of the molecule is CCOC(=O)c1csc(NC(=O)c2cccc(C)c2)n1. The lowest BCUT2D eigenvalue weighted by molar-refractivity contribution is 0.0520. The van der Waals surface area contributed by atoms with Gasteiger partial charge in [0.05, 0.1) is 6.61 Å². The number of carbonyl (C=O) groups excluding carboxylic acids is 2. The van der Waals surface area contributed by atoms with E-state index in [4.69, 9.17) is 4.74 Å². The molecule has 5 nitrogen and oxygen atoms in total. The number of amides is 1. The zero-order chi connectivity index (χ0) is 14.5. The van der Waals surface area contributed by atoms with Crippen LogP contribution >= 0.6 is 11.3 Å². The summed E-state index contributed by atoms with van der Waals surface area (Å²) in [6, 6.07) is 7.24. The molecular formula is C14H14N2O3S. The molecule has 0 spiro atoms. The maximum Gasteiger partial charge on any atom is 0.357 e. The minimum atomic E-state index is -0.486. The van der Waals surface area contributed by atoms with Gasteiger partial charge in [-0.15, -0.1) is 11.3 Å². The Morgan fingerprint density at radius 1 is 1.40 bits per heavy atom. The van der Waals surface area contributed by atoms with Crippen molar-refractivity contribution in [1.29, 1.82) is 0 Å². The fourth-order valence-electron chi connectivity index (χ4n) is 1.59. The molecule has 0 saturated heterocycles. The number of anilines is 1. The van der Waals surface area contributed by atoms with E-state index in [9.17, 15) is 9.59 Å². The number of esters is 1. The van der Waals surface area contributed by atoms with Crippen molar-refractivity contribution in [2.24, 2.45) is 0 Å². The molecule has 0 fully saturated rings. The van der Waals surface area contributed by atoms with Gasteiger partial charge in [0, 0.05) is 10.9 Å². The maximum atomic E-state index is 12.0. The van der Waals surface area contributed by atoms with Crippen molar-refractivity contribution < 1.29 is 14.3 Å². The molecule has 1 heterocycles. The van der Waals surface area contributed by atoms with Gasteiger partial charge < -0.3 is 4.74 Å². The smallest absolute Gasteiger partial charge is 0.357 e. The summed E-state index contributed by atoms with van der Waals surface area (Å²) < 4.78 is 4.84. The Morgan fingerprint density at radius 3 is 2.90 bits per heavy atom. The van der Waals surface area contributed by atoms with Gasteiger partial charge in [0.25, 0.3) is 5.91 Å². The molecule has 20 heavy (non-hydrogen) atoms. The molecule has 1 aromatic carbocycles. The summed E-state index contributed by atoms with van der Waals surface area (Å²) in [5, 5.41) is 4.60. The lowest BCUT2D eigenvalue weighted by atomic mass is 10.1. The van der Waals surface area contributed by atoms with E-state index in [1.807, 2.05) is 19.1 Å². The molecule has 0 unspecified atom stereocenters. The minimum Gasteiger partial charge on any atom is -0.461 e.